The van der Waals surface area contributed by atoms with Crippen molar-refractivity contribution in [2.24, 2.45) is 0 Å². The van der Waals surface area contributed by atoms with Crippen molar-refractivity contribution < 1.29 is 19.3 Å². The van der Waals surface area contributed by atoms with Crippen LogP contribution in [-0.2, 0) is 9.47 Å². The summed E-state index contributed by atoms with van der Waals surface area (Å²) < 4.78 is 18.3. The van der Waals surface area contributed by atoms with Gasteiger partial charge in [-0.1, -0.05) is 78.9 Å². The maximum absolute atomic E-state index is 10.4. The zero-order chi connectivity index (χ0) is 25.2. The van der Waals surface area contributed by atoms with Crippen LogP contribution in [0.1, 0.15) is 13.8 Å². The van der Waals surface area contributed by atoms with Gasteiger partial charge in [-0.05, 0) is 47.6 Å². The number of aliphatic hydroxyl groups excluding tert-OH is 1. The molecule has 0 spiro atoms. The molecule has 2 saturated heterocycles. The van der Waals surface area contributed by atoms with E-state index in [2.05, 4.69) is 77.8 Å². The molecule has 7 rings (SSSR count). The summed E-state index contributed by atoms with van der Waals surface area (Å²) in [6, 6.07) is 29.9. The van der Waals surface area contributed by atoms with Gasteiger partial charge in [0.1, 0.15) is 22.8 Å². The van der Waals surface area contributed by atoms with Gasteiger partial charge in [-0.15, -0.1) is 0 Å². The van der Waals surface area contributed by atoms with Crippen LogP contribution in [0.4, 0.5) is 0 Å². The summed E-state index contributed by atoms with van der Waals surface area (Å²) in [6.07, 6.45) is -1.09. The van der Waals surface area contributed by atoms with Crippen molar-refractivity contribution in [2.45, 2.75) is 37.3 Å². The van der Waals surface area contributed by atoms with Crippen LogP contribution in [0.3, 0.4) is 0 Å². The highest BCUT2D eigenvalue weighted by atomic mass is 16.6. The predicted molar refractivity (Wildman–Crippen MR) is 144 cm³/mol. The lowest BCUT2D eigenvalue weighted by molar-refractivity contribution is -0.104. The van der Waals surface area contributed by atoms with Crippen LogP contribution in [0.2, 0.25) is 0 Å². The average molecular weight is 493 g/mol. The van der Waals surface area contributed by atoms with E-state index < -0.39 is 23.4 Å². The summed E-state index contributed by atoms with van der Waals surface area (Å²) in [7, 11) is 0. The summed E-state index contributed by atoms with van der Waals surface area (Å²) >= 11 is 0. The lowest BCUT2D eigenvalue weighted by Crippen LogP contribution is -2.54. The van der Waals surface area contributed by atoms with Gasteiger partial charge in [-0.25, -0.2) is 0 Å². The molecule has 2 aliphatic heterocycles. The smallest absolute Gasteiger partial charge is 0.295 e. The topological polar surface area (TPSA) is 76.6 Å². The third kappa shape index (κ3) is 3.33. The number of ether oxygens (including phenoxy) is 3. The number of aromatic amines is 1. The fraction of sp³-hybridized carbons (Fsp3) is 0.258. The van der Waals surface area contributed by atoms with E-state index in [1.54, 1.807) is 0 Å². The van der Waals surface area contributed by atoms with Crippen LogP contribution < -0.4 is 4.74 Å². The quantitative estimate of drug-likeness (QED) is 0.335. The second kappa shape index (κ2) is 8.15. The summed E-state index contributed by atoms with van der Waals surface area (Å²) in [6.45, 7) is 4.37. The Bertz CT molecular complexity index is 1610. The molecule has 1 aromatic heterocycles. The van der Waals surface area contributed by atoms with Crippen LogP contribution in [0.5, 0.6) is 6.01 Å². The predicted octanol–water partition coefficient (Wildman–Crippen LogP) is 5.74. The Hall–Kier alpha value is -3.71. The number of nitrogens with one attached hydrogen (secondary N) is 1. The van der Waals surface area contributed by atoms with Crippen LogP contribution in [0, 0.1) is 0 Å². The van der Waals surface area contributed by atoms with E-state index in [1.807, 2.05) is 26.0 Å². The molecule has 4 aromatic carbocycles. The molecule has 0 saturated carbocycles. The maximum atomic E-state index is 10.4. The minimum atomic E-state index is -0.810. The highest BCUT2D eigenvalue weighted by Crippen LogP contribution is 2.47. The molecule has 2 aliphatic rings. The normalized spacial score (nSPS) is 27.1. The van der Waals surface area contributed by atoms with Gasteiger partial charge in [-0.3, -0.25) is 0 Å². The molecule has 0 aliphatic carbocycles. The average Bonchev–Trinajstić information content (AvgIpc) is 3.54. The van der Waals surface area contributed by atoms with E-state index in [9.17, 15) is 5.11 Å². The summed E-state index contributed by atoms with van der Waals surface area (Å²) in [5.74, 6) is 0. The van der Waals surface area contributed by atoms with E-state index >= 15 is 0 Å². The maximum Gasteiger partial charge on any atom is 0.295 e. The number of aliphatic hydroxyl groups is 1. The molecule has 0 unspecified atom stereocenters. The van der Waals surface area contributed by atoms with Crippen molar-refractivity contribution in [3.05, 3.63) is 84.9 Å². The Morgan fingerprint density at radius 3 is 2.24 bits per heavy atom. The van der Waals surface area contributed by atoms with Crippen molar-refractivity contribution in [1.82, 2.24) is 9.97 Å². The van der Waals surface area contributed by atoms with E-state index in [0.717, 1.165) is 32.9 Å². The highest BCUT2D eigenvalue weighted by molar-refractivity contribution is 6.11. The van der Waals surface area contributed by atoms with Crippen LogP contribution in [0.25, 0.3) is 44.1 Å². The number of H-pyrrole nitrogens is 1. The summed E-state index contributed by atoms with van der Waals surface area (Å²) in [5, 5.41) is 12.6. The zero-order valence-corrected chi connectivity index (χ0v) is 20.8. The van der Waals surface area contributed by atoms with Crippen molar-refractivity contribution in [2.75, 3.05) is 13.2 Å². The second-order valence-electron chi connectivity index (χ2n) is 10.3. The molecular weight excluding hydrogens is 464 g/mol. The zero-order valence-electron chi connectivity index (χ0n) is 20.8. The molecule has 6 nitrogen and oxygen atoms in total. The summed E-state index contributed by atoms with van der Waals surface area (Å²) in [5.41, 5.74) is 4.83. The number of hydrogen-bond acceptors (Lipinski definition) is 5. The van der Waals surface area contributed by atoms with Crippen LogP contribution in [-0.4, -0.2) is 51.7 Å². The number of rotatable bonds is 4. The number of benzene rings is 4. The number of hydrogen-bond donors (Lipinski definition) is 2. The Balaban J connectivity index is 1.27. The fourth-order valence-corrected chi connectivity index (χ4v) is 5.81. The fourth-order valence-electron chi connectivity index (χ4n) is 5.81. The molecule has 3 heterocycles. The largest absolute Gasteiger partial charge is 0.456 e. The molecule has 0 bridgehead atoms. The molecule has 186 valence electrons. The van der Waals surface area contributed by atoms with Gasteiger partial charge in [0.25, 0.3) is 6.01 Å². The van der Waals surface area contributed by atoms with Crippen molar-refractivity contribution in [1.29, 1.82) is 0 Å². The molecule has 0 radical (unpaired) electrons. The first-order valence-electron chi connectivity index (χ1n) is 12.7. The van der Waals surface area contributed by atoms with E-state index in [0.29, 0.717) is 12.6 Å². The number of nitrogens with zero attached hydrogens (tertiary/aromatic N) is 1. The van der Waals surface area contributed by atoms with Gasteiger partial charge in [0.05, 0.1) is 18.7 Å². The molecule has 6 heteroatoms. The molecule has 4 atom stereocenters. The highest BCUT2D eigenvalue weighted by Gasteiger charge is 2.66. The first-order valence-corrected chi connectivity index (χ1v) is 12.7. The Labute approximate surface area is 214 Å². The number of aromatic nitrogens is 2. The van der Waals surface area contributed by atoms with E-state index in [4.69, 9.17) is 19.2 Å². The minimum Gasteiger partial charge on any atom is -0.456 e. The first-order chi connectivity index (χ1) is 18.0. The van der Waals surface area contributed by atoms with Crippen molar-refractivity contribution in [3.8, 4) is 28.3 Å². The third-order valence-corrected chi connectivity index (χ3v) is 8.34. The number of imidazole rings is 1. The van der Waals surface area contributed by atoms with Gasteiger partial charge in [-0.2, -0.15) is 4.98 Å². The van der Waals surface area contributed by atoms with Gasteiger partial charge < -0.3 is 24.3 Å². The Kier molecular flexibility index (Phi) is 4.95. The minimum absolute atomic E-state index is 0.226. The van der Waals surface area contributed by atoms with Crippen LogP contribution >= 0.6 is 0 Å². The van der Waals surface area contributed by atoms with Crippen LogP contribution in [0.15, 0.2) is 84.9 Å². The van der Waals surface area contributed by atoms with Gasteiger partial charge >= 0.3 is 0 Å². The molecule has 0 amide bonds. The SMILES string of the molecule is C[C@]12OC[C@@H](Oc3nc4c(cc(-c5ccc(-c6ccccc6)cc5)c5ccccc54)[nH]3)[C@@]1(C)OC[C@H]2O. The van der Waals surface area contributed by atoms with Crippen molar-refractivity contribution >= 4 is 21.8 Å². The first kappa shape index (κ1) is 22.5. The number of fused-ring (bicyclic) bond motifs is 4. The Morgan fingerprint density at radius 1 is 0.811 bits per heavy atom. The monoisotopic (exact) mass is 492 g/mol. The van der Waals surface area contributed by atoms with Gasteiger partial charge in [0.15, 0.2) is 6.10 Å². The lowest BCUT2D eigenvalue weighted by Gasteiger charge is -2.35. The van der Waals surface area contributed by atoms with Crippen molar-refractivity contribution in [3.63, 3.8) is 0 Å². The molecule has 5 aromatic rings. The van der Waals surface area contributed by atoms with E-state index in [1.165, 1.54) is 11.1 Å². The standard InChI is InChI=1S/C31H28N2O4/c1-30-26(34)17-35-31(30,2)27(18-36-30)37-29-32-25-16-24(22-10-6-7-11-23(22)28(25)33-29)21-14-12-20(13-15-21)19-8-4-3-5-9-19/h3-16,26-27,34H,17-18H2,1-2H3,(H,32,33)/t26-,27-,30-,31-/m1/s1. The molecule has 2 fully saturated rings. The Morgan fingerprint density at radius 2 is 1.46 bits per heavy atom. The van der Waals surface area contributed by atoms with Gasteiger partial charge in [0.2, 0.25) is 0 Å². The molecule has 2 N–H and O–H groups in total. The summed E-state index contributed by atoms with van der Waals surface area (Å²) in [4.78, 5) is 8.20. The third-order valence-electron chi connectivity index (χ3n) is 8.34. The lowest BCUT2D eigenvalue weighted by atomic mass is 9.82. The second-order valence-corrected chi connectivity index (χ2v) is 10.3. The van der Waals surface area contributed by atoms with Gasteiger partial charge in [0, 0.05) is 5.39 Å². The van der Waals surface area contributed by atoms with E-state index in [-0.39, 0.29) is 6.61 Å². The molecular formula is C31H28N2O4. The molecule has 37 heavy (non-hydrogen) atoms.